The fourth-order valence-corrected chi connectivity index (χ4v) is 2.35. The Hall–Kier alpha value is -2.22. The van der Waals surface area contributed by atoms with E-state index in [0.717, 1.165) is 29.5 Å². The minimum absolute atomic E-state index is 0.0895. The summed E-state index contributed by atoms with van der Waals surface area (Å²) in [5, 5.41) is 16.9. The molecule has 0 saturated carbocycles. The van der Waals surface area contributed by atoms with Gasteiger partial charge in [-0.25, -0.2) is 4.68 Å². The highest BCUT2D eigenvalue weighted by molar-refractivity contribution is 7.99. The molecule has 0 atom stereocenters. The van der Waals surface area contributed by atoms with Crippen molar-refractivity contribution in [3.63, 3.8) is 0 Å². The van der Waals surface area contributed by atoms with Gasteiger partial charge in [0.15, 0.2) is 5.82 Å². The fraction of sp³-hybridized carbons (Fsp3) is 0.308. The first-order chi connectivity index (χ1) is 10.1. The summed E-state index contributed by atoms with van der Waals surface area (Å²) in [6, 6.07) is 7.76. The topological polar surface area (TPSA) is 103 Å². The van der Waals surface area contributed by atoms with Crippen LogP contribution in [0.25, 0.3) is 0 Å². The van der Waals surface area contributed by atoms with Crippen molar-refractivity contribution in [1.29, 1.82) is 0 Å². The van der Waals surface area contributed by atoms with Crippen molar-refractivity contribution in [3.05, 3.63) is 35.7 Å². The molecule has 1 heterocycles. The van der Waals surface area contributed by atoms with Gasteiger partial charge in [0.25, 0.3) is 0 Å². The zero-order chi connectivity index (χ0) is 15.2. The second-order valence-electron chi connectivity index (χ2n) is 4.30. The summed E-state index contributed by atoms with van der Waals surface area (Å²) >= 11 is 1.05. The minimum Gasteiger partial charge on any atom is -0.497 e. The molecule has 0 radical (unpaired) electrons. The molecule has 112 valence electrons. The Morgan fingerprint density at radius 2 is 2.05 bits per heavy atom. The first-order valence-electron chi connectivity index (χ1n) is 6.27. The second kappa shape index (κ2) is 6.98. The largest absolute Gasteiger partial charge is 0.497 e. The average Bonchev–Trinajstić information content (AvgIpc) is 2.84. The van der Waals surface area contributed by atoms with Gasteiger partial charge in [-0.15, -0.1) is 10.2 Å². The number of nitrogens with zero attached hydrogens (tertiary/aromatic N) is 3. The number of methoxy groups -OCH3 is 1. The standard InChI is InChI=1S/C13H16N4O3S/c1-20-10-5-2-9(3-6-10)4-7-11-15-16-13(17(11)14)21-8-12(18)19/h2-3,5-6H,4,7-8,14H2,1H3,(H,18,19). The Kier molecular flexibility index (Phi) is 5.04. The number of aliphatic carboxylic acids is 1. The number of carboxylic acid groups (broad SMARTS) is 1. The molecule has 0 fully saturated rings. The summed E-state index contributed by atoms with van der Waals surface area (Å²) in [4.78, 5) is 10.5. The van der Waals surface area contributed by atoms with E-state index in [-0.39, 0.29) is 5.75 Å². The van der Waals surface area contributed by atoms with Gasteiger partial charge in [0.05, 0.1) is 12.9 Å². The van der Waals surface area contributed by atoms with Crippen LogP contribution in [0.15, 0.2) is 29.4 Å². The van der Waals surface area contributed by atoms with Crippen molar-refractivity contribution in [1.82, 2.24) is 14.9 Å². The number of hydrogen-bond donors (Lipinski definition) is 2. The number of nitrogen functional groups attached to an aromatic ring is 1. The molecule has 1 aromatic carbocycles. The van der Waals surface area contributed by atoms with Crippen molar-refractivity contribution in [2.75, 3.05) is 18.7 Å². The Morgan fingerprint density at radius 1 is 1.33 bits per heavy atom. The SMILES string of the molecule is COc1ccc(CCc2nnc(SCC(=O)O)n2N)cc1. The molecule has 0 aliphatic heterocycles. The maximum absolute atomic E-state index is 10.5. The molecular formula is C13H16N4O3S. The molecule has 3 N–H and O–H groups in total. The number of carbonyl (C=O) groups is 1. The highest BCUT2D eigenvalue weighted by Crippen LogP contribution is 2.16. The van der Waals surface area contributed by atoms with Crippen LogP contribution >= 0.6 is 11.8 Å². The third-order valence-electron chi connectivity index (χ3n) is 2.86. The lowest BCUT2D eigenvalue weighted by Crippen LogP contribution is -2.15. The van der Waals surface area contributed by atoms with Gasteiger partial charge in [-0.05, 0) is 24.1 Å². The molecule has 8 heteroatoms. The van der Waals surface area contributed by atoms with Crippen LogP contribution in [0.3, 0.4) is 0 Å². The van der Waals surface area contributed by atoms with E-state index in [1.54, 1.807) is 7.11 Å². The van der Waals surface area contributed by atoms with Gasteiger partial charge in [0.2, 0.25) is 5.16 Å². The van der Waals surface area contributed by atoms with E-state index < -0.39 is 5.97 Å². The molecule has 0 bridgehead atoms. The summed E-state index contributed by atoms with van der Waals surface area (Å²) in [5.41, 5.74) is 1.14. The van der Waals surface area contributed by atoms with Crippen LogP contribution in [0.2, 0.25) is 0 Å². The summed E-state index contributed by atoms with van der Waals surface area (Å²) in [5.74, 6) is 6.29. The second-order valence-corrected chi connectivity index (χ2v) is 5.24. The third-order valence-corrected chi connectivity index (χ3v) is 3.78. The number of ether oxygens (including phenoxy) is 1. The predicted molar refractivity (Wildman–Crippen MR) is 78.9 cm³/mol. The zero-order valence-corrected chi connectivity index (χ0v) is 12.3. The molecule has 0 spiro atoms. The monoisotopic (exact) mass is 308 g/mol. The number of rotatable bonds is 7. The summed E-state index contributed by atoms with van der Waals surface area (Å²) < 4.78 is 6.45. The quantitative estimate of drug-likeness (QED) is 0.580. The summed E-state index contributed by atoms with van der Waals surface area (Å²) in [6.07, 6.45) is 1.40. The average molecular weight is 308 g/mol. The van der Waals surface area contributed by atoms with Gasteiger partial charge < -0.3 is 15.7 Å². The molecule has 0 aliphatic rings. The van der Waals surface area contributed by atoms with Crippen LogP contribution in [-0.4, -0.2) is 38.8 Å². The van der Waals surface area contributed by atoms with Crippen molar-refractivity contribution in [2.24, 2.45) is 0 Å². The van der Waals surface area contributed by atoms with E-state index in [1.807, 2.05) is 24.3 Å². The number of carboxylic acids is 1. The minimum atomic E-state index is -0.914. The molecule has 2 rings (SSSR count). The van der Waals surface area contributed by atoms with Gasteiger partial charge in [-0.2, -0.15) is 0 Å². The number of aromatic nitrogens is 3. The Bertz CT molecular complexity index is 612. The van der Waals surface area contributed by atoms with Crippen LogP contribution in [0.1, 0.15) is 11.4 Å². The van der Waals surface area contributed by atoms with Crippen molar-refractivity contribution in [3.8, 4) is 5.75 Å². The number of thioether (sulfide) groups is 1. The van der Waals surface area contributed by atoms with Gasteiger partial charge in [-0.1, -0.05) is 23.9 Å². The first-order valence-corrected chi connectivity index (χ1v) is 7.25. The number of aryl methyl sites for hydroxylation is 2. The highest BCUT2D eigenvalue weighted by atomic mass is 32.2. The zero-order valence-electron chi connectivity index (χ0n) is 11.5. The lowest BCUT2D eigenvalue weighted by molar-refractivity contribution is -0.133. The molecule has 0 saturated heterocycles. The Morgan fingerprint density at radius 3 is 2.67 bits per heavy atom. The maximum atomic E-state index is 10.5. The van der Waals surface area contributed by atoms with Gasteiger partial charge in [-0.3, -0.25) is 4.79 Å². The van der Waals surface area contributed by atoms with Gasteiger partial charge in [0, 0.05) is 6.42 Å². The van der Waals surface area contributed by atoms with E-state index in [4.69, 9.17) is 15.7 Å². The summed E-state index contributed by atoms with van der Waals surface area (Å²) in [7, 11) is 1.63. The molecule has 7 nitrogen and oxygen atoms in total. The Balaban J connectivity index is 1.95. The Labute approximate surface area is 126 Å². The summed E-state index contributed by atoms with van der Waals surface area (Å²) in [6.45, 7) is 0. The number of benzene rings is 1. The van der Waals surface area contributed by atoms with Gasteiger partial charge in [0.1, 0.15) is 5.75 Å². The van der Waals surface area contributed by atoms with E-state index in [1.165, 1.54) is 4.68 Å². The lowest BCUT2D eigenvalue weighted by atomic mass is 10.1. The van der Waals surface area contributed by atoms with Crippen molar-refractivity contribution < 1.29 is 14.6 Å². The lowest BCUT2D eigenvalue weighted by Gasteiger charge is -2.04. The predicted octanol–water partition coefficient (Wildman–Crippen LogP) is 0.962. The highest BCUT2D eigenvalue weighted by Gasteiger charge is 2.11. The molecule has 2 aromatic rings. The van der Waals surface area contributed by atoms with Crippen LogP contribution in [-0.2, 0) is 17.6 Å². The molecule has 0 unspecified atom stereocenters. The molecule has 0 aliphatic carbocycles. The normalized spacial score (nSPS) is 10.5. The smallest absolute Gasteiger partial charge is 0.313 e. The maximum Gasteiger partial charge on any atom is 0.313 e. The van der Waals surface area contributed by atoms with E-state index >= 15 is 0 Å². The number of nitrogens with two attached hydrogens (primary N) is 1. The van der Waals surface area contributed by atoms with Crippen LogP contribution in [0.4, 0.5) is 0 Å². The molecule has 21 heavy (non-hydrogen) atoms. The van der Waals surface area contributed by atoms with E-state index in [2.05, 4.69) is 10.2 Å². The van der Waals surface area contributed by atoms with Crippen molar-refractivity contribution in [2.45, 2.75) is 18.0 Å². The van der Waals surface area contributed by atoms with Gasteiger partial charge >= 0.3 is 5.97 Å². The van der Waals surface area contributed by atoms with Crippen LogP contribution < -0.4 is 10.6 Å². The van der Waals surface area contributed by atoms with Crippen molar-refractivity contribution >= 4 is 17.7 Å². The molecular weight excluding hydrogens is 292 g/mol. The molecule has 1 aromatic heterocycles. The van der Waals surface area contributed by atoms with Crippen LogP contribution in [0, 0.1) is 0 Å². The van der Waals surface area contributed by atoms with E-state index in [9.17, 15) is 4.79 Å². The van der Waals surface area contributed by atoms with Crippen LogP contribution in [0.5, 0.6) is 5.75 Å². The number of hydrogen-bond acceptors (Lipinski definition) is 6. The fourth-order valence-electron chi connectivity index (χ4n) is 1.75. The van der Waals surface area contributed by atoms with E-state index in [0.29, 0.717) is 17.4 Å². The molecule has 0 amide bonds. The third kappa shape index (κ3) is 4.12. The first kappa shape index (κ1) is 15.2.